The molecule has 0 atom stereocenters. The minimum atomic E-state index is 0.496. The molecule has 0 aromatic rings. The van der Waals surface area contributed by atoms with Crippen LogP contribution in [0, 0.1) is 21.7 Å². The van der Waals surface area contributed by atoms with Gasteiger partial charge in [-0.1, -0.05) is 55.4 Å². The highest BCUT2D eigenvalue weighted by Crippen LogP contribution is 2.95. The first kappa shape index (κ1) is 13.3. The van der Waals surface area contributed by atoms with E-state index >= 15 is 0 Å². The fourth-order valence-corrected chi connectivity index (χ4v) is 9.69. The second-order valence-corrected chi connectivity index (χ2v) is 11.1. The summed E-state index contributed by atoms with van der Waals surface area (Å²) in [5.41, 5.74) is 2.02. The molecule has 0 unspecified atom stereocenters. The van der Waals surface area contributed by atoms with Gasteiger partial charge in [0.25, 0.3) is 0 Å². The van der Waals surface area contributed by atoms with Gasteiger partial charge in [0.1, 0.15) is 0 Å². The number of rotatable bonds is 0. The lowest BCUT2D eigenvalue weighted by Gasteiger charge is -2.62. The first-order valence-corrected chi connectivity index (χ1v) is 8.39. The van der Waals surface area contributed by atoms with Crippen molar-refractivity contribution in [3.05, 3.63) is 0 Å². The molecule has 0 nitrogen and oxygen atoms in total. The van der Waals surface area contributed by atoms with E-state index in [1.54, 1.807) is 0 Å². The van der Waals surface area contributed by atoms with Gasteiger partial charge in [-0.05, 0) is 40.9 Å². The van der Waals surface area contributed by atoms with Crippen LogP contribution < -0.4 is 0 Å². The SMILES string of the molecule is CC1(C)CCC(C)(C)C12SC21C(C)(C)CC1(C)C. The Balaban J connectivity index is 2.15. The van der Waals surface area contributed by atoms with Gasteiger partial charge in [-0.15, -0.1) is 11.8 Å². The van der Waals surface area contributed by atoms with Crippen molar-refractivity contribution in [1.29, 1.82) is 0 Å². The zero-order chi connectivity index (χ0) is 13.8. The van der Waals surface area contributed by atoms with Crippen LogP contribution in [0.15, 0.2) is 0 Å². The van der Waals surface area contributed by atoms with Crippen LogP contribution in [0.1, 0.15) is 74.7 Å². The predicted octanol–water partition coefficient (Wildman–Crippen LogP) is 5.51. The summed E-state index contributed by atoms with van der Waals surface area (Å²) in [6, 6.07) is 0. The monoisotopic (exact) mass is 266 g/mol. The summed E-state index contributed by atoms with van der Waals surface area (Å²) in [7, 11) is 0. The van der Waals surface area contributed by atoms with Gasteiger partial charge in [0.2, 0.25) is 0 Å². The van der Waals surface area contributed by atoms with Crippen molar-refractivity contribution in [2.45, 2.75) is 84.1 Å². The van der Waals surface area contributed by atoms with Gasteiger partial charge in [-0.2, -0.15) is 0 Å². The topological polar surface area (TPSA) is 0 Å². The molecular weight excluding hydrogens is 236 g/mol. The summed E-state index contributed by atoms with van der Waals surface area (Å²) in [6.07, 6.45) is 4.20. The van der Waals surface area contributed by atoms with E-state index < -0.39 is 0 Å². The van der Waals surface area contributed by atoms with Crippen LogP contribution in [-0.2, 0) is 0 Å². The van der Waals surface area contributed by atoms with Crippen molar-refractivity contribution in [1.82, 2.24) is 0 Å². The van der Waals surface area contributed by atoms with Gasteiger partial charge in [0, 0.05) is 9.49 Å². The first-order chi connectivity index (χ1) is 7.87. The summed E-state index contributed by atoms with van der Waals surface area (Å²) in [5, 5.41) is 0. The molecular formula is C17H30S. The van der Waals surface area contributed by atoms with E-state index in [0.717, 1.165) is 0 Å². The Morgan fingerprint density at radius 2 is 0.889 bits per heavy atom. The zero-order valence-corrected chi connectivity index (χ0v) is 14.3. The molecule has 3 rings (SSSR count). The molecule has 3 fully saturated rings. The third-order valence-corrected chi connectivity index (χ3v) is 10.1. The van der Waals surface area contributed by atoms with Crippen LogP contribution in [0.25, 0.3) is 0 Å². The Morgan fingerprint density at radius 3 is 1.17 bits per heavy atom. The maximum atomic E-state index is 2.54. The smallest absolute Gasteiger partial charge is 0.0425 e. The molecule has 2 aliphatic carbocycles. The summed E-state index contributed by atoms with van der Waals surface area (Å²) < 4.78 is 1.04. The number of thioether (sulfide) groups is 1. The lowest BCUT2D eigenvalue weighted by atomic mass is 9.40. The van der Waals surface area contributed by atoms with Crippen LogP contribution in [0.2, 0.25) is 0 Å². The minimum absolute atomic E-state index is 0.496. The van der Waals surface area contributed by atoms with Crippen LogP contribution in [0.5, 0.6) is 0 Å². The van der Waals surface area contributed by atoms with Gasteiger partial charge in [-0.25, -0.2) is 0 Å². The average Bonchev–Trinajstić information content (AvgIpc) is 2.84. The first-order valence-electron chi connectivity index (χ1n) is 7.57. The zero-order valence-electron chi connectivity index (χ0n) is 13.5. The van der Waals surface area contributed by atoms with Crippen molar-refractivity contribution in [3.8, 4) is 0 Å². The molecule has 0 radical (unpaired) electrons. The molecule has 0 aromatic heterocycles. The van der Waals surface area contributed by atoms with E-state index in [9.17, 15) is 0 Å². The maximum Gasteiger partial charge on any atom is 0.0425 e. The molecule has 0 amide bonds. The Hall–Kier alpha value is 0.350. The maximum absolute atomic E-state index is 2.54. The molecule has 1 saturated heterocycles. The molecule has 1 heterocycles. The van der Waals surface area contributed by atoms with E-state index in [1.165, 1.54) is 19.3 Å². The summed E-state index contributed by atoms with van der Waals surface area (Å²) in [6.45, 7) is 20.2. The summed E-state index contributed by atoms with van der Waals surface area (Å²) >= 11 is 2.36. The van der Waals surface area contributed by atoms with Crippen molar-refractivity contribution >= 4 is 11.8 Å². The van der Waals surface area contributed by atoms with Gasteiger partial charge >= 0.3 is 0 Å². The number of hydrogen-bond acceptors (Lipinski definition) is 1. The lowest BCUT2D eigenvalue weighted by Crippen LogP contribution is -2.65. The number of hydrogen-bond donors (Lipinski definition) is 0. The van der Waals surface area contributed by atoms with Crippen molar-refractivity contribution in [3.63, 3.8) is 0 Å². The van der Waals surface area contributed by atoms with Crippen LogP contribution in [0.3, 0.4) is 0 Å². The van der Waals surface area contributed by atoms with Gasteiger partial charge in [0.15, 0.2) is 0 Å². The van der Waals surface area contributed by atoms with Crippen LogP contribution in [0.4, 0.5) is 0 Å². The quantitative estimate of drug-likeness (QED) is 0.521. The van der Waals surface area contributed by atoms with Crippen molar-refractivity contribution in [2.24, 2.45) is 21.7 Å². The molecule has 2 saturated carbocycles. The minimum Gasteiger partial charge on any atom is -0.143 e. The fraction of sp³-hybridized carbons (Fsp3) is 1.00. The molecule has 0 N–H and O–H groups in total. The predicted molar refractivity (Wildman–Crippen MR) is 82.0 cm³/mol. The molecule has 18 heavy (non-hydrogen) atoms. The Labute approximate surface area is 118 Å². The molecule has 3 aliphatic rings. The Bertz CT molecular complexity index is 381. The van der Waals surface area contributed by atoms with E-state index in [4.69, 9.17) is 0 Å². The highest BCUT2D eigenvalue weighted by atomic mass is 32.2. The molecule has 2 spiro atoms. The molecule has 0 aromatic carbocycles. The van der Waals surface area contributed by atoms with E-state index in [1.807, 2.05) is 0 Å². The number of fused-ring (bicyclic) bond motifs is 1. The molecule has 1 heteroatoms. The molecule has 104 valence electrons. The Kier molecular flexibility index (Phi) is 2.11. The highest BCUT2D eigenvalue weighted by Gasteiger charge is 2.92. The van der Waals surface area contributed by atoms with Crippen LogP contribution >= 0.6 is 11.8 Å². The van der Waals surface area contributed by atoms with Crippen molar-refractivity contribution < 1.29 is 0 Å². The van der Waals surface area contributed by atoms with Gasteiger partial charge < -0.3 is 0 Å². The van der Waals surface area contributed by atoms with E-state index in [0.29, 0.717) is 31.2 Å². The molecule has 0 bridgehead atoms. The highest BCUT2D eigenvalue weighted by molar-refractivity contribution is 8.10. The van der Waals surface area contributed by atoms with E-state index in [2.05, 4.69) is 67.2 Å². The van der Waals surface area contributed by atoms with Gasteiger partial charge in [0.05, 0.1) is 0 Å². The summed E-state index contributed by atoms with van der Waals surface area (Å²) in [4.78, 5) is 0. The second kappa shape index (κ2) is 2.85. The third-order valence-electron chi connectivity index (χ3n) is 6.83. The lowest BCUT2D eigenvalue weighted by molar-refractivity contribution is -0.0729. The van der Waals surface area contributed by atoms with Crippen molar-refractivity contribution in [2.75, 3.05) is 0 Å². The normalized spacial score (nSPS) is 38.7. The summed E-state index contributed by atoms with van der Waals surface area (Å²) in [5.74, 6) is 0. The second-order valence-electron chi connectivity index (χ2n) is 9.68. The fourth-order valence-electron chi connectivity index (χ4n) is 6.72. The van der Waals surface area contributed by atoms with Crippen LogP contribution in [-0.4, -0.2) is 9.49 Å². The standard InChI is InChI=1S/C17H30S/c1-12(2)9-10-13(3,4)16(12)17(18-16)14(5,6)11-15(17,7)8/h9-11H2,1-8H3. The Morgan fingerprint density at radius 1 is 0.556 bits per heavy atom. The van der Waals surface area contributed by atoms with Gasteiger partial charge in [-0.3, -0.25) is 0 Å². The van der Waals surface area contributed by atoms with E-state index in [-0.39, 0.29) is 0 Å². The molecule has 1 aliphatic heterocycles. The average molecular weight is 266 g/mol. The largest absolute Gasteiger partial charge is 0.143 e. The third kappa shape index (κ3) is 0.991.